The average molecular weight is 503 g/mol. The molecule has 4 rings (SSSR count). The second kappa shape index (κ2) is 9.61. The van der Waals surface area contributed by atoms with Crippen LogP contribution in [-0.4, -0.2) is 36.9 Å². The van der Waals surface area contributed by atoms with Crippen molar-refractivity contribution >= 4 is 32.3 Å². The van der Waals surface area contributed by atoms with Crippen molar-refractivity contribution in [2.24, 2.45) is 0 Å². The van der Waals surface area contributed by atoms with Crippen LogP contribution in [-0.2, 0) is 16.2 Å². The largest absolute Gasteiger partial charge is 0.416 e. The van der Waals surface area contributed by atoms with Gasteiger partial charge >= 0.3 is 6.18 Å². The zero-order chi connectivity index (χ0) is 25.2. The lowest BCUT2D eigenvalue weighted by atomic mass is 10.0. The fourth-order valence-corrected chi connectivity index (χ4v) is 4.90. The summed E-state index contributed by atoms with van der Waals surface area (Å²) in [7, 11) is -3.86. The molecule has 0 radical (unpaired) electrons. The molecule has 0 atom stereocenters. The third-order valence-electron chi connectivity index (χ3n) is 5.29. The van der Waals surface area contributed by atoms with Crippen LogP contribution in [0.15, 0.2) is 71.6 Å². The van der Waals surface area contributed by atoms with E-state index in [0.29, 0.717) is 27.6 Å². The summed E-state index contributed by atoms with van der Waals surface area (Å²) in [5.41, 5.74) is 0.827. The van der Waals surface area contributed by atoms with Gasteiger partial charge in [0, 0.05) is 28.6 Å². The molecule has 0 amide bonds. The van der Waals surface area contributed by atoms with Crippen LogP contribution in [0.25, 0.3) is 22.0 Å². The van der Waals surface area contributed by atoms with Gasteiger partial charge in [0.2, 0.25) is 10.0 Å². The SMILES string of the molecule is Cc1ccc(-c2nnc(Nc3cccc(C(F)(F)F)c3)c3ccccc23)cc1S(=O)(=O)NCCO. The minimum absolute atomic E-state index is 0.0421. The first kappa shape index (κ1) is 24.6. The fraction of sp³-hybridized carbons (Fsp3) is 0.167. The second-order valence-electron chi connectivity index (χ2n) is 7.75. The number of anilines is 2. The van der Waals surface area contributed by atoms with Gasteiger partial charge in [0.15, 0.2) is 5.82 Å². The molecule has 3 N–H and O–H groups in total. The number of aliphatic hydroxyl groups excluding tert-OH is 1. The van der Waals surface area contributed by atoms with Gasteiger partial charge in [-0.15, -0.1) is 10.2 Å². The van der Waals surface area contributed by atoms with Crippen molar-refractivity contribution in [3.63, 3.8) is 0 Å². The van der Waals surface area contributed by atoms with Crippen molar-refractivity contribution in [1.82, 2.24) is 14.9 Å². The number of nitrogens with zero attached hydrogens (tertiary/aromatic N) is 2. The Labute approximate surface area is 199 Å². The molecule has 0 saturated carbocycles. The van der Waals surface area contributed by atoms with Crippen molar-refractivity contribution in [2.75, 3.05) is 18.5 Å². The molecule has 182 valence electrons. The predicted molar refractivity (Wildman–Crippen MR) is 127 cm³/mol. The van der Waals surface area contributed by atoms with Gasteiger partial charge in [-0.3, -0.25) is 0 Å². The molecule has 7 nitrogen and oxygen atoms in total. The molecule has 0 unspecified atom stereocenters. The fourth-order valence-electron chi connectivity index (χ4n) is 3.61. The van der Waals surface area contributed by atoms with E-state index in [1.165, 1.54) is 18.2 Å². The van der Waals surface area contributed by atoms with E-state index < -0.39 is 21.8 Å². The van der Waals surface area contributed by atoms with Gasteiger partial charge < -0.3 is 10.4 Å². The lowest BCUT2D eigenvalue weighted by Gasteiger charge is -2.14. The normalized spacial score (nSPS) is 12.1. The number of alkyl halides is 3. The first-order chi connectivity index (χ1) is 16.6. The molecule has 1 heterocycles. The number of hydrogen-bond donors (Lipinski definition) is 3. The van der Waals surface area contributed by atoms with E-state index >= 15 is 0 Å². The molecule has 11 heteroatoms. The summed E-state index contributed by atoms with van der Waals surface area (Å²) >= 11 is 0. The van der Waals surface area contributed by atoms with E-state index in [2.05, 4.69) is 20.2 Å². The van der Waals surface area contributed by atoms with Crippen LogP contribution in [0.5, 0.6) is 0 Å². The van der Waals surface area contributed by atoms with Crippen LogP contribution in [0.1, 0.15) is 11.1 Å². The zero-order valence-electron chi connectivity index (χ0n) is 18.5. The molecule has 3 aromatic carbocycles. The van der Waals surface area contributed by atoms with Crippen LogP contribution in [0.4, 0.5) is 24.7 Å². The summed E-state index contributed by atoms with van der Waals surface area (Å²) < 4.78 is 67.0. The molecule has 0 aliphatic carbocycles. The van der Waals surface area contributed by atoms with Gasteiger partial charge in [-0.25, -0.2) is 13.1 Å². The van der Waals surface area contributed by atoms with E-state index in [4.69, 9.17) is 5.11 Å². The molecule has 0 spiro atoms. The van der Waals surface area contributed by atoms with Crippen LogP contribution in [0.3, 0.4) is 0 Å². The number of hydrogen-bond acceptors (Lipinski definition) is 6. The zero-order valence-corrected chi connectivity index (χ0v) is 19.3. The number of halogens is 3. The highest BCUT2D eigenvalue weighted by atomic mass is 32.2. The molecule has 0 aliphatic heterocycles. The molecule has 0 bridgehead atoms. The van der Waals surface area contributed by atoms with E-state index in [0.717, 1.165) is 12.1 Å². The minimum atomic E-state index is -4.48. The molecule has 4 aromatic rings. The highest BCUT2D eigenvalue weighted by Gasteiger charge is 2.30. The summed E-state index contributed by atoms with van der Waals surface area (Å²) in [6, 6.07) is 16.7. The van der Waals surface area contributed by atoms with E-state index in [1.54, 1.807) is 43.3 Å². The van der Waals surface area contributed by atoms with Crippen molar-refractivity contribution in [3.8, 4) is 11.3 Å². The van der Waals surface area contributed by atoms with Gasteiger partial charge in [0.1, 0.15) is 5.69 Å². The predicted octanol–water partition coefficient (Wildman–Crippen LogP) is 4.64. The summed E-state index contributed by atoms with van der Waals surface area (Å²) in [6.07, 6.45) is -4.48. The van der Waals surface area contributed by atoms with Gasteiger partial charge in [-0.1, -0.05) is 42.5 Å². The quantitative estimate of drug-likeness (QED) is 0.340. The van der Waals surface area contributed by atoms with Crippen LogP contribution in [0.2, 0.25) is 0 Å². The Balaban J connectivity index is 1.78. The van der Waals surface area contributed by atoms with Crippen molar-refractivity contribution in [1.29, 1.82) is 0 Å². The molecule has 0 fully saturated rings. The number of sulfonamides is 1. The highest BCUT2D eigenvalue weighted by Crippen LogP contribution is 2.34. The number of rotatable bonds is 7. The molecule has 0 saturated heterocycles. The number of aliphatic hydroxyl groups is 1. The summed E-state index contributed by atoms with van der Waals surface area (Å²) in [6.45, 7) is 1.20. The van der Waals surface area contributed by atoms with E-state index in [1.807, 2.05) is 0 Å². The minimum Gasteiger partial charge on any atom is -0.395 e. The van der Waals surface area contributed by atoms with Gasteiger partial charge in [-0.2, -0.15) is 13.2 Å². The Morgan fingerprint density at radius 2 is 1.69 bits per heavy atom. The van der Waals surface area contributed by atoms with Crippen LogP contribution < -0.4 is 10.0 Å². The molecular weight excluding hydrogens is 481 g/mol. The van der Waals surface area contributed by atoms with E-state index in [-0.39, 0.29) is 29.6 Å². The maximum atomic E-state index is 13.1. The number of fused-ring (bicyclic) bond motifs is 1. The molecule has 35 heavy (non-hydrogen) atoms. The molecule has 1 aromatic heterocycles. The lowest BCUT2D eigenvalue weighted by Crippen LogP contribution is -2.27. The first-order valence-corrected chi connectivity index (χ1v) is 12.0. The summed E-state index contributed by atoms with van der Waals surface area (Å²) in [5, 5.41) is 21.6. The molecule has 0 aliphatic rings. The van der Waals surface area contributed by atoms with Gasteiger partial charge in [-0.05, 0) is 36.8 Å². The topological polar surface area (TPSA) is 104 Å². The Bertz CT molecular complexity index is 1490. The van der Waals surface area contributed by atoms with Crippen molar-refractivity contribution < 1.29 is 26.7 Å². The highest BCUT2D eigenvalue weighted by molar-refractivity contribution is 7.89. The van der Waals surface area contributed by atoms with Crippen molar-refractivity contribution in [2.45, 2.75) is 18.0 Å². The third kappa shape index (κ3) is 5.26. The van der Waals surface area contributed by atoms with E-state index in [9.17, 15) is 21.6 Å². The maximum Gasteiger partial charge on any atom is 0.416 e. The Hall–Kier alpha value is -3.54. The summed E-state index contributed by atoms with van der Waals surface area (Å²) in [4.78, 5) is 0.0421. The lowest BCUT2D eigenvalue weighted by molar-refractivity contribution is -0.137. The number of benzene rings is 3. The number of aryl methyl sites for hydroxylation is 1. The number of aromatic nitrogens is 2. The third-order valence-corrected chi connectivity index (χ3v) is 6.90. The molecular formula is C24H21F3N4O3S. The van der Waals surface area contributed by atoms with Gasteiger partial charge in [0.25, 0.3) is 0 Å². The Morgan fingerprint density at radius 1 is 0.943 bits per heavy atom. The smallest absolute Gasteiger partial charge is 0.395 e. The average Bonchev–Trinajstić information content (AvgIpc) is 2.83. The maximum absolute atomic E-state index is 13.1. The first-order valence-electron chi connectivity index (χ1n) is 10.5. The number of nitrogens with one attached hydrogen (secondary N) is 2. The summed E-state index contributed by atoms with van der Waals surface area (Å²) in [5.74, 6) is 0.258. The Morgan fingerprint density at radius 3 is 2.40 bits per heavy atom. The second-order valence-corrected chi connectivity index (χ2v) is 9.48. The Kier molecular flexibility index (Phi) is 6.75. The standard InChI is InChI=1S/C24H21F3N4O3S/c1-15-9-10-16(13-21(15)35(33,34)28-11-12-32)22-19-7-2-3-8-20(19)23(31-30-22)29-18-6-4-5-17(14-18)24(25,26)27/h2-10,13-14,28,32H,11-12H2,1H3,(H,29,31). The van der Waals surface area contributed by atoms with Crippen LogP contribution >= 0.6 is 0 Å². The van der Waals surface area contributed by atoms with Crippen molar-refractivity contribution in [3.05, 3.63) is 77.9 Å². The monoisotopic (exact) mass is 502 g/mol. The van der Waals surface area contributed by atoms with Gasteiger partial charge in [0.05, 0.1) is 17.1 Å². The van der Waals surface area contributed by atoms with Crippen LogP contribution in [0, 0.1) is 6.92 Å².